The Morgan fingerprint density at radius 2 is 1.66 bits per heavy atom. The highest BCUT2D eigenvalue weighted by atomic mass is 19.1. The van der Waals surface area contributed by atoms with Crippen molar-refractivity contribution >= 4 is 0 Å². The van der Waals surface area contributed by atoms with E-state index in [0.717, 1.165) is 24.8 Å². The van der Waals surface area contributed by atoms with Gasteiger partial charge in [0.25, 0.3) is 0 Å². The first kappa shape index (κ1) is 23.2. The molecule has 0 N–H and O–H groups in total. The largest absolute Gasteiger partial charge is 0.490 e. The van der Waals surface area contributed by atoms with E-state index < -0.39 is 12.0 Å². The molecule has 0 saturated carbocycles. The molecule has 2 aromatic rings. The summed E-state index contributed by atoms with van der Waals surface area (Å²) in [5.74, 6) is 0.152. The molecule has 1 atom stereocenters. The Morgan fingerprint density at radius 1 is 0.931 bits per heavy atom. The van der Waals surface area contributed by atoms with E-state index in [2.05, 4.69) is 16.9 Å². The molecule has 0 aliphatic carbocycles. The van der Waals surface area contributed by atoms with Crippen molar-refractivity contribution in [2.45, 2.75) is 84.2 Å². The number of hydrogen-bond acceptors (Lipinski definition) is 3. The molecule has 160 valence electrons. The lowest BCUT2D eigenvalue weighted by Crippen LogP contribution is -2.08. The van der Waals surface area contributed by atoms with Gasteiger partial charge in [0, 0.05) is 24.4 Å². The Balaban J connectivity index is 1.83. The van der Waals surface area contributed by atoms with E-state index in [0.29, 0.717) is 17.8 Å². The quantitative estimate of drug-likeness (QED) is 0.315. The smallest absolute Gasteiger partial charge is 0.165 e. The van der Waals surface area contributed by atoms with Crippen LogP contribution >= 0.6 is 0 Å². The zero-order chi connectivity index (χ0) is 20.9. The molecular formula is C24H34F2N2O. The van der Waals surface area contributed by atoms with Crippen LogP contribution in [-0.2, 0) is 6.42 Å². The molecule has 1 unspecified atom stereocenters. The molecule has 29 heavy (non-hydrogen) atoms. The molecule has 1 heterocycles. The van der Waals surface area contributed by atoms with Gasteiger partial charge >= 0.3 is 0 Å². The SMILES string of the molecule is CCCCCCCCc1cnc(-c2ccc(OCCC(F)CCC)c(F)c2)nc1. The van der Waals surface area contributed by atoms with Gasteiger partial charge in [-0.3, -0.25) is 0 Å². The first-order chi connectivity index (χ1) is 14.1. The average molecular weight is 405 g/mol. The zero-order valence-electron chi connectivity index (χ0n) is 17.8. The molecule has 0 bridgehead atoms. The summed E-state index contributed by atoms with van der Waals surface area (Å²) in [5.41, 5.74) is 1.72. The second-order valence-electron chi connectivity index (χ2n) is 7.60. The third-order valence-corrected chi connectivity index (χ3v) is 5.00. The van der Waals surface area contributed by atoms with Crippen molar-refractivity contribution < 1.29 is 13.5 Å². The fraction of sp³-hybridized carbons (Fsp3) is 0.583. The standard InChI is InChI=1S/C24H34F2N2O/c1-3-5-6-7-8-9-11-19-17-27-24(28-18-19)20-12-13-23(22(26)16-20)29-15-14-21(25)10-4-2/h12-13,16-18,21H,3-11,14-15H2,1-2H3. The molecule has 2 rings (SSSR count). The lowest BCUT2D eigenvalue weighted by atomic mass is 10.1. The number of halogens is 2. The predicted octanol–water partition coefficient (Wildman–Crippen LogP) is 7.09. The van der Waals surface area contributed by atoms with Crippen LogP contribution in [0.2, 0.25) is 0 Å². The van der Waals surface area contributed by atoms with E-state index >= 15 is 0 Å². The van der Waals surface area contributed by atoms with Gasteiger partial charge in [0.15, 0.2) is 17.4 Å². The highest BCUT2D eigenvalue weighted by Crippen LogP contribution is 2.24. The summed E-state index contributed by atoms with van der Waals surface area (Å²) in [7, 11) is 0. The fourth-order valence-electron chi connectivity index (χ4n) is 3.25. The Morgan fingerprint density at radius 3 is 2.34 bits per heavy atom. The van der Waals surface area contributed by atoms with Crippen molar-refractivity contribution in [1.29, 1.82) is 0 Å². The number of rotatable bonds is 14. The highest BCUT2D eigenvalue weighted by Gasteiger charge is 2.10. The van der Waals surface area contributed by atoms with E-state index in [9.17, 15) is 8.78 Å². The molecular weight excluding hydrogens is 370 g/mol. The van der Waals surface area contributed by atoms with Crippen LogP contribution < -0.4 is 4.74 Å². The maximum Gasteiger partial charge on any atom is 0.165 e. The molecule has 1 aromatic carbocycles. The maximum atomic E-state index is 14.3. The number of alkyl halides is 1. The minimum atomic E-state index is -0.898. The number of aromatic nitrogens is 2. The summed E-state index contributed by atoms with van der Waals surface area (Å²) in [6.45, 7) is 4.33. The topological polar surface area (TPSA) is 35.0 Å². The second kappa shape index (κ2) is 13.2. The molecule has 0 saturated heterocycles. The van der Waals surface area contributed by atoms with E-state index in [1.54, 1.807) is 12.1 Å². The number of ether oxygens (including phenoxy) is 1. The number of hydrogen-bond donors (Lipinski definition) is 0. The fourth-order valence-corrected chi connectivity index (χ4v) is 3.25. The van der Waals surface area contributed by atoms with Crippen molar-refractivity contribution in [2.75, 3.05) is 6.61 Å². The third-order valence-electron chi connectivity index (χ3n) is 5.00. The lowest BCUT2D eigenvalue weighted by molar-refractivity contribution is 0.220. The van der Waals surface area contributed by atoms with Gasteiger partial charge in [-0.2, -0.15) is 0 Å². The highest BCUT2D eigenvalue weighted by molar-refractivity contribution is 5.56. The van der Waals surface area contributed by atoms with E-state index in [-0.39, 0.29) is 18.8 Å². The van der Waals surface area contributed by atoms with Crippen molar-refractivity contribution in [3.63, 3.8) is 0 Å². The summed E-state index contributed by atoms with van der Waals surface area (Å²) in [6, 6.07) is 4.67. The van der Waals surface area contributed by atoms with Crippen molar-refractivity contribution in [2.24, 2.45) is 0 Å². The first-order valence-electron chi connectivity index (χ1n) is 11.0. The normalized spacial score (nSPS) is 12.1. The Bertz CT molecular complexity index is 707. The van der Waals surface area contributed by atoms with Gasteiger partial charge < -0.3 is 4.74 Å². The number of unbranched alkanes of at least 4 members (excludes halogenated alkanes) is 5. The first-order valence-corrected chi connectivity index (χ1v) is 11.0. The molecule has 3 nitrogen and oxygen atoms in total. The predicted molar refractivity (Wildman–Crippen MR) is 114 cm³/mol. The minimum absolute atomic E-state index is 0.136. The minimum Gasteiger partial charge on any atom is -0.490 e. The molecule has 0 spiro atoms. The molecule has 0 fully saturated rings. The second-order valence-corrected chi connectivity index (χ2v) is 7.60. The van der Waals surface area contributed by atoms with Crippen LogP contribution in [0, 0.1) is 5.82 Å². The number of benzene rings is 1. The van der Waals surface area contributed by atoms with Crippen LogP contribution in [0.3, 0.4) is 0 Å². The van der Waals surface area contributed by atoms with Crippen molar-refractivity contribution in [1.82, 2.24) is 9.97 Å². The van der Waals surface area contributed by atoms with E-state index in [1.165, 1.54) is 38.2 Å². The van der Waals surface area contributed by atoms with Crippen molar-refractivity contribution in [3.05, 3.63) is 42.0 Å². The Kier molecular flexibility index (Phi) is 10.6. The van der Waals surface area contributed by atoms with Gasteiger partial charge in [-0.15, -0.1) is 0 Å². The summed E-state index contributed by atoms with van der Waals surface area (Å²) >= 11 is 0. The van der Waals surface area contributed by atoms with Crippen LogP contribution in [-0.4, -0.2) is 22.7 Å². The summed E-state index contributed by atoms with van der Waals surface area (Å²) in [5, 5.41) is 0. The van der Waals surface area contributed by atoms with Crippen LogP contribution in [0.15, 0.2) is 30.6 Å². The Labute approximate surface area is 173 Å². The lowest BCUT2D eigenvalue weighted by Gasteiger charge is -2.10. The van der Waals surface area contributed by atoms with Gasteiger partial charge in [-0.25, -0.2) is 18.7 Å². The average Bonchev–Trinajstić information content (AvgIpc) is 2.72. The van der Waals surface area contributed by atoms with Crippen molar-refractivity contribution in [3.8, 4) is 17.1 Å². The molecule has 0 radical (unpaired) electrons. The molecule has 1 aromatic heterocycles. The van der Waals surface area contributed by atoms with Gasteiger partial charge in [0.05, 0.1) is 6.61 Å². The molecule has 5 heteroatoms. The van der Waals surface area contributed by atoms with Crippen LogP contribution in [0.4, 0.5) is 8.78 Å². The van der Waals surface area contributed by atoms with E-state index in [4.69, 9.17) is 4.74 Å². The Hall–Kier alpha value is -2.04. The summed E-state index contributed by atoms with van der Waals surface area (Å²) < 4.78 is 33.2. The van der Waals surface area contributed by atoms with Gasteiger partial charge in [-0.05, 0) is 43.0 Å². The monoisotopic (exact) mass is 404 g/mol. The molecule has 0 aliphatic heterocycles. The van der Waals surface area contributed by atoms with Crippen LogP contribution in [0.25, 0.3) is 11.4 Å². The van der Waals surface area contributed by atoms with Crippen LogP contribution in [0.5, 0.6) is 5.75 Å². The maximum absolute atomic E-state index is 14.3. The summed E-state index contributed by atoms with van der Waals surface area (Å²) in [4.78, 5) is 8.77. The van der Waals surface area contributed by atoms with Gasteiger partial charge in [0.1, 0.15) is 6.17 Å². The van der Waals surface area contributed by atoms with E-state index in [1.807, 2.05) is 19.3 Å². The third kappa shape index (κ3) is 8.46. The number of nitrogens with zero attached hydrogens (tertiary/aromatic N) is 2. The number of aryl methyl sites for hydroxylation is 1. The molecule has 0 aliphatic rings. The molecule has 0 amide bonds. The van der Waals surface area contributed by atoms with Gasteiger partial charge in [0.2, 0.25) is 0 Å². The van der Waals surface area contributed by atoms with Gasteiger partial charge in [-0.1, -0.05) is 52.4 Å². The van der Waals surface area contributed by atoms with Crippen LogP contribution in [0.1, 0.15) is 77.2 Å². The zero-order valence-corrected chi connectivity index (χ0v) is 17.8. The summed E-state index contributed by atoms with van der Waals surface area (Å²) in [6.07, 6.45) is 12.9.